The largest absolute Gasteiger partial charge is 0.367 e. The molecule has 0 saturated carbocycles. The monoisotopic (exact) mass is 402 g/mol. The zero-order valence-electron chi connectivity index (χ0n) is 17.9. The minimum atomic E-state index is -0.483. The summed E-state index contributed by atoms with van der Waals surface area (Å²) in [7, 11) is 0. The third-order valence-corrected chi connectivity index (χ3v) is 5.51. The molecule has 0 radical (unpaired) electrons. The van der Waals surface area contributed by atoms with E-state index in [2.05, 4.69) is 10.2 Å². The van der Waals surface area contributed by atoms with Crippen molar-refractivity contribution < 1.29 is 14.4 Å². The molecule has 0 bridgehead atoms. The highest BCUT2D eigenvalue weighted by Gasteiger charge is 2.30. The van der Waals surface area contributed by atoms with Crippen molar-refractivity contribution in [3.05, 3.63) is 30.3 Å². The van der Waals surface area contributed by atoms with Crippen LogP contribution in [0.25, 0.3) is 0 Å². The summed E-state index contributed by atoms with van der Waals surface area (Å²) >= 11 is 0. The van der Waals surface area contributed by atoms with Gasteiger partial charge in [-0.25, -0.2) is 9.59 Å². The Morgan fingerprint density at radius 2 is 1.76 bits per heavy atom. The Bertz CT molecular complexity index is 681. The van der Waals surface area contributed by atoms with Crippen molar-refractivity contribution in [3.63, 3.8) is 0 Å². The minimum absolute atomic E-state index is 0.0335. The first kappa shape index (κ1) is 21.6. The molecule has 7 heteroatoms. The first-order valence-electron chi connectivity index (χ1n) is 10.6. The Morgan fingerprint density at radius 3 is 2.41 bits per heavy atom. The number of piperidine rings is 1. The predicted octanol–water partition coefficient (Wildman–Crippen LogP) is 3.05. The normalized spacial score (nSPS) is 21.6. The number of nitrogens with zero attached hydrogens (tertiary/aromatic N) is 3. The summed E-state index contributed by atoms with van der Waals surface area (Å²) in [4.78, 5) is 34.5. The summed E-state index contributed by atoms with van der Waals surface area (Å²) in [6.07, 6.45) is 2.19. The van der Waals surface area contributed by atoms with Crippen LogP contribution in [0, 0.1) is 11.3 Å². The minimum Gasteiger partial charge on any atom is -0.367 e. The number of anilines is 1. The van der Waals surface area contributed by atoms with Crippen molar-refractivity contribution in [2.24, 2.45) is 11.3 Å². The van der Waals surface area contributed by atoms with E-state index in [-0.39, 0.29) is 12.0 Å². The lowest BCUT2D eigenvalue weighted by molar-refractivity contribution is -0.208. The first-order valence-corrected chi connectivity index (χ1v) is 10.6. The number of urea groups is 1. The van der Waals surface area contributed by atoms with Gasteiger partial charge in [0.2, 0.25) is 0 Å². The molecule has 3 rings (SSSR count). The highest BCUT2D eigenvalue weighted by molar-refractivity contribution is 5.89. The van der Waals surface area contributed by atoms with Crippen LogP contribution in [-0.4, -0.2) is 72.7 Å². The molecule has 29 heavy (non-hydrogen) atoms. The maximum Gasteiger partial charge on any atom is 0.330 e. The van der Waals surface area contributed by atoms with Gasteiger partial charge in [-0.1, -0.05) is 18.2 Å². The Labute approximate surface area is 173 Å². The second kappa shape index (κ2) is 9.59. The van der Waals surface area contributed by atoms with Crippen LogP contribution in [-0.2, 0) is 9.63 Å². The lowest BCUT2D eigenvalue weighted by atomic mass is 9.97. The molecule has 1 N–H and O–H groups in total. The Hall–Kier alpha value is -2.12. The summed E-state index contributed by atoms with van der Waals surface area (Å²) in [5, 5.41) is 4.80. The van der Waals surface area contributed by atoms with Gasteiger partial charge in [0, 0.05) is 51.5 Å². The summed E-state index contributed by atoms with van der Waals surface area (Å²) in [6.45, 7) is 11.4. The number of nitrogens with one attached hydrogen (secondary N) is 1. The first-order chi connectivity index (χ1) is 13.8. The van der Waals surface area contributed by atoms with E-state index in [1.165, 1.54) is 0 Å². The molecule has 1 unspecified atom stereocenters. The van der Waals surface area contributed by atoms with Crippen LogP contribution in [0.15, 0.2) is 30.3 Å². The number of carbonyl (C=O) groups excluding carboxylic acids is 2. The second-order valence-corrected chi connectivity index (χ2v) is 9.11. The lowest BCUT2D eigenvalue weighted by Crippen LogP contribution is -2.52. The van der Waals surface area contributed by atoms with E-state index in [0.717, 1.165) is 64.3 Å². The molecule has 2 saturated heterocycles. The number of hydroxylamine groups is 2. The maximum absolute atomic E-state index is 12.4. The molecule has 1 aromatic rings. The molecule has 0 spiro atoms. The molecule has 2 fully saturated rings. The van der Waals surface area contributed by atoms with Crippen molar-refractivity contribution in [1.82, 2.24) is 14.9 Å². The van der Waals surface area contributed by atoms with E-state index < -0.39 is 5.41 Å². The van der Waals surface area contributed by atoms with Crippen molar-refractivity contribution >= 4 is 17.7 Å². The van der Waals surface area contributed by atoms with Crippen LogP contribution in [0.3, 0.4) is 0 Å². The topological polar surface area (TPSA) is 65.1 Å². The molecule has 2 amide bonds. The molecule has 2 heterocycles. The highest BCUT2D eigenvalue weighted by atomic mass is 16.7. The maximum atomic E-state index is 12.4. The van der Waals surface area contributed by atoms with Gasteiger partial charge in [0.15, 0.2) is 0 Å². The van der Waals surface area contributed by atoms with E-state index in [1.807, 2.05) is 61.1 Å². The number of hydrogen-bond acceptors (Lipinski definition) is 5. The molecule has 2 aliphatic rings. The second-order valence-electron chi connectivity index (χ2n) is 9.11. The molecule has 1 aromatic carbocycles. The molecular formula is C22H34N4O3. The third-order valence-electron chi connectivity index (χ3n) is 5.51. The fourth-order valence-corrected chi connectivity index (χ4v) is 3.74. The number of benzene rings is 1. The van der Waals surface area contributed by atoms with E-state index in [0.29, 0.717) is 5.92 Å². The van der Waals surface area contributed by atoms with E-state index in [9.17, 15) is 9.59 Å². The van der Waals surface area contributed by atoms with Crippen molar-refractivity contribution in [3.8, 4) is 0 Å². The van der Waals surface area contributed by atoms with Gasteiger partial charge in [-0.15, -0.1) is 5.06 Å². The third kappa shape index (κ3) is 6.44. The fourth-order valence-electron chi connectivity index (χ4n) is 3.74. The van der Waals surface area contributed by atoms with Crippen molar-refractivity contribution in [1.29, 1.82) is 0 Å². The van der Waals surface area contributed by atoms with Gasteiger partial charge in [-0.3, -0.25) is 4.90 Å². The van der Waals surface area contributed by atoms with Crippen LogP contribution in [0.5, 0.6) is 0 Å². The zero-order chi connectivity index (χ0) is 20.9. The highest BCUT2D eigenvalue weighted by Crippen LogP contribution is 2.22. The lowest BCUT2D eigenvalue weighted by Gasteiger charge is -2.39. The molecule has 0 aromatic heterocycles. The van der Waals surface area contributed by atoms with E-state index in [1.54, 1.807) is 0 Å². The standard InChI is InChI=1S/C22H34N4O3/c1-22(2,3)20(27)29-26-11-7-8-18(17-26)16-24-12-14-25(15-13-24)21(28)23-19-9-5-4-6-10-19/h4-6,9-10,18H,7-8,11-17H2,1-3H3,(H,23,28). The van der Waals surface area contributed by atoms with Gasteiger partial charge in [0.1, 0.15) is 0 Å². The van der Waals surface area contributed by atoms with Crippen LogP contribution >= 0.6 is 0 Å². The molecular weight excluding hydrogens is 368 g/mol. The molecule has 2 aliphatic heterocycles. The zero-order valence-corrected chi connectivity index (χ0v) is 17.9. The van der Waals surface area contributed by atoms with Crippen molar-refractivity contribution in [2.45, 2.75) is 33.6 Å². The predicted molar refractivity (Wildman–Crippen MR) is 113 cm³/mol. The number of para-hydroxylation sites is 1. The molecule has 1 atom stereocenters. The summed E-state index contributed by atoms with van der Waals surface area (Å²) in [5.41, 5.74) is 0.343. The number of amides is 2. The molecule has 7 nitrogen and oxygen atoms in total. The number of carbonyl (C=O) groups is 2. The van der Waals surface area contributed by atoms with E-state index >= 15 is 0 Å². The van der Waals surface area contributed by atoms with Gasteiger partial charge in [0.25, 0.3) is 0 Å². The number of rotatable bonds is 4. The van der Waals surface area contributed by atoms with Crippen LogP contribution in [0.1, 0.15) is 33.6 Å². The summed E-state index contributed by atoms with van der Waals surface area (Å²) in [5.74, 6) is 0.317. The van der Waals surface area contributed by atoms with Crippen LogP contribution in [0.4, 0.5) is 10.5 Å². The van der Waals surface area contributed by atoms with Crippen molar-refractivity contribution in [2.75, 3.05) is 51.1 Å². The SMILES string of the molecule is CC(C)(C)C(=O)ON1CCCC(CN2CCN(C(=O)Nc3ccccc3)CC2)C1. The Morgan fingerprint density at radius 1 is 1.07 bits per heavy atom. The Kier molecular flexibility index (Phi) is 7.14. The van der Waals surface area contributed by atoms with E-state index in [4.69, 9.17) is 4.84 Å². The van der Waals surface area contributed by atoms with Gasteiger partial charge in [0.05, 0.1) is 5.41 Å². The molecule has 0 aliphatic carbocycles. The van der Waals surface area contributed by atoms with Gasteiger partial charge < -0.3 is 15.1 Å². The van der Waals surface area contributed by atoms with Crippen LogP contribution in [0.2, 0.25) is 0 Å². The Balaban J connectivity index is 1.41. The summed E-state index contributed by atoms with van der Waals surface area (Å²) in [6, 6.07) is 9.53. The quantitative estimate of drug-likeness (QED) is 0.839. The van der Waals surface area contributed by atoms with Crippen LogP contribution < -0.4 is 5.32 Å². The van der Waals surface area contributed by atoms with Gasteiger partial charge in [-0.05, 0) is 51.7 Å². The average molecular weight is 403 g/mol. The smallest absolute Gasteiger partial charge is 0.330 e. The summed E-state index contributed by atoms with van der Waals surface area (Å²) < 4.78 is 0. The fraction of sp³-hybridized carbons (Fsp3) is 0.636. The van der Waals surface area contributed by atoms with Gasteiger partial charge in [-0.2, -0.15) is 0 Å². The van der Waals surface area contributed by atoms with Gasteiger partial charge >= 0.3 is 12.0 Å². The molecule has 160 valence electrons. The number of hydrogen-bond donors (Lipinski definition) is 1. The average Bonchev–Trinajstić information content (AvgIpc) is 2.69. The number of piperazine rings is 1.